The summed E-state index contributed by atoms with van der Waals surface area (Å²) in [5, 5.41) is 23.4. The van der Waals surface area contributed by atoms with Crippen LogP contribution in [0.3, 0.4) is 0 Å². The molecule has 0 bridgehead atoms. The van der Waals surface area contributed by atoms with Gasteiger partial charge in [-0.25, -0.2) is 4.68 Å². The van der Waals surface area contributed by atoms with Gasteiger partial charge in [-0.05, 0) is 66.1 Å². The van der Waals surface area contributed by atoms with Crippen LogP contribution in [0.15, 0.2) is 29.1 Å². The summed E-state index contributed by atoms with van der Waals surface area (Å²) in [4.78, 5) is 18.2. The fraction of sp³-hybridized carbons (Fsp3) is 0.583. The van der Waals surface area contributed by atoms with Crippen molar-refractivity contribution in [2.75, 3.05) is 13.2 Å². The monoisotopic (exact) mass is 438 g/mol. The zero-order valence-corrected chi connectivity index (χ0v) is 19.3. The number of pyridine rings is 1. The second-order valence-corrected chi connectivity index (χ2v) is 9.37. The first-order valence-corrected chi connectivity index (χ1v) is 11.7. The lowest BCUT2D eigenvalue weighted by molar-refractivity contribution is 0.120. The molecule has 1 fully saturated rings. The number of nitrogens with zero attached hydrogens (tertiary/aromatic N) is 5. The molecule has 172 valence electrons. The average molecular weight is 439 g/mol. The molecule has 0 saturated heterocycles. The highest BCUT2D eigenvalue weighted by atomic mass is 16.3. The normalized spacial score (nSPS) is 15.9. The van der Waals surface area contributed by atoms with Gasteiger partial charge >= 0.3 is 0 Å². The number of rotatable bonds is 9. The van der Waals surface area contributed by atoms with Gasteiger partial charge in [0.25, 0.3) is 5.56 Å². The van der Waals surface area contributed by atoms with Crippen LogP contribution in [0.4, 0.5) is 0 Å². The van der Waals surface area contributed by atoms with Gasteiger partial charge in [-0.15, -0.1) is 5.10 Å². The van der Waals surface area contributed by atoms with E-state index in [4.69, 9.17) is 0 Å². The fourth-order valence-electron chi connectivity index (χ4n) is 4.99. The highest BCUT2D eigenvalue weighted by Crippen LogP contribution is 2.34. The molecule has 8 nitrogen and oxygen atoms in total. The van der Waals surface area contributed by atoms with Crippen molar-refractivity contribution in [3.8, 4) is 0 Å². The molecule has 2 N–H and O–H groups in total. The van der Waals surface area contributed by atoms with Gasteiger partial charge < -0.3 is 10.1 Å². The molecule has 3 aromatic rings. The summed E-state index contributed by atoms with van der Waals surface area (Å²) >= 11 is 0. The molecule has 1 aromatic carbocycles. The standard InChI is InChI=1S/C24H34N6O2/c1-16(2)22(23-26-27-28-30(23)20-7-4-5-8-20)29(11-6-12-31)15-19-14-18-13-17(3)9-10-21(18)25-24(19)32/h9-10,13-14,16,20,22,31H,4-8,11-12,15H2,1-3H3,(H,25,32). The zero-order chi connectivity index (χ0) is 22.7. The largest absolute Gasteiger partial charge is 0.396 e. The van der Waals surface area contributed by atoms with Crippen LogP contribution in [0.25, 0.3) is 10.9 Å². The molecular formula is C24H34N6O2. The van der Waals surface area contributed by atoms with E-state index in [9.17, 15) is 9.90 Å². The quantitative estimate of drug-likeness (QED) is 0.530. The van der Waals surface area contributed by atoms with E-state index in [1.807, 2.05) is 22.9 Å². The number of fused-ring (bicyclic) bond motifs is 1. The molecule has 1 saturated carbocycles. The predicted octanol–water partition coefficient (Wildman–Crippen LogP) is 3.52. The first-order chi connectivity index (χ1) is 15.5. The smallest absolute Gasteiger partial charge is 0.252 e. The Balaban J connectivity index is 1.70. The van der Waals surface area contributed by atoms with E-state index in [2.05, 4.69) is 52.2 Å². The Kier molecular flexibility index (Phi) is 7.01. The number of nitrogens with one attached hydrogen (secondary N) is 1. The summed E-state index contributed by atoms with van der Waals surface area (Å²) in [6, 6.07) is 8.32. The van der Waals surface area contributed by atoms with Crippen molar-refractivity contribution in [1.29, 1.82) is 0 Å². The number of aliphatic hydroxyl groups excluding tert-OH is 1. The molecule has 0 aliphatic heterocycles. The minimum absolute atomic E-state index is 0.0512. The number of hydrogen-bond donors (Lipinski definition) is 2. The van der Waals surface area contributed by atoms with Gasteiger partial charge in [0.1, 0.15) is 0 Å². The van der Waals surface area contributed by atoms with E-state index in [1.54, 1.807) is 0 Å². The lowest BCUT2D eigenvalue weighted by atomic mass is 9.99. The van der Waals surface area contributed by atoms with Crippen molar-refractivity contribution in [2.24, 2.45) is 5.92 Å². The highest BCUT2D eigenvalue weighted by molar-refractivity contribution is 5.79. The van der Waals surface area contributed by atoms with Gasteiger partial charge in [0.15, 0.2) is 5.82 Å². The van der Waals surface area contributed by atoms with Crippen LogP contribution < -0.4 is 5.56 Å². The van der Waals surface area contributed by atoms with Gasteiger partial charge in [-0.3, -0.25) is 9.69 Å². The molecule has 0 radical (unpaired) electrons. The molecule has 8 heteroatoms. The van der Waals surface area contributed by atoms with E-state index >= 15 is 0 Å². The Morgan fingerprint density at radius 1 is 1.25 bits per heavy atom. The van der Waals surface area contributed by atoms with Crippen LogP contribution in [0, 0.1) is 12.8 Å². The van der Waals surface area contributed by atoms with Crippen LogP contribution in [0.2, 0.25) is 0 Å². The summed E-state index contributed by atoms with van der Waals surface area (Å²) < 4.78 is 2.01. The second kappa shape index (κ2) is 9.92. The molecule has 0 amide bonds. The molecule has 4 rings (SSSR count). The molecular weight excluding hydrogens is 404 g/mol. The van der Waals surface area contributed by atoms with Crippen molar-refractivity contribution < 1.29 is 5.11 Å². The summed E-state index contributed by atoms with van der Waals surface area (Å²) in [5.74, 6) is 1.10. The summed E-state index contributed by atoms with van der Waals surface area (Å²) in [5.41, 5.74) is 2.64. The maximum atomic E-state index is 12.9. The molecule has 1 aliphatic carbocycles. The van der Waals surface area contributed by atoms with E-state index in [1.165, 1.54) is 12.8 Å². The Labute approximate surface area is 188 Å². The van der Waals surface area contributed by atoms with Crippen molar-refractivity contribution in [1.82, 2.24) is 30.1 Å². The molecule has 2 aromatic heterocycles. The molecule has 32 heavy (non-hydrogen) atoms. The van der Waals surface area contributed by atoms with Gasteiger partial charge in [-0.1, -0.05) is 38.3 Å². The molecule has 1 unspecified atom stereocenters. The number of benzene rings is 1. The minimum atomic E-state index is -0.0757. The second-order valence-electron chi connectivity index (χ2n) is 9.37. The maximum Gasteiger partial charge on any atom is 0.252 e. The number of tetrazole rings is 1. The van der Waals surface area contributed by atoms with Gasteiger partial charge in [0.05, 0.1) is 12.1 Å². The van der Waals surface area contributed by atoms with Crippen molar-refractivity contribution in [2.45, 2.75) is 71.5 Å². The Hall–Kier alpha value is -2.58. The SMILES string of the molecule is Cc1ccc2[nH]c(=O)c(CN(CCCO)C(c3nnnn3C3CCCC3)C(C)C)cc2c1. The number of aromatic nitrogens is 5. The number of hydrogen-bond acceptors (Lipinski definition) is 6. The molecule has 1 atom stereocenters. The fourth-order valence-corrected chi connectivity index (χ4v) is 4.99. The third-order valence-corrected chi connectivity index (χ3v) is 6.53. The van der Waals surface area contributed by atoms with Gasteiger partial charge in [-0.2, -0.15) is 0 Å². The molecule has 1 aliphatic rings. The number of aliphatic hydroxyl groups is 1. The third kappa shape index (κ3) is 4.76. The van der Waals surface area contributed by atoms with Crippen LogP contribution in [0.1, 0.15) is 75.0 Å². The van der Waals surface area contributed by atoms with E-state index in [0.29, 0.717) is 31.1 Å². The predicted molar refractivity (Wildman–Crippen MR) is 124 cm³/mol. The first-order valence-electron chi connectivity index (χ1n) is 11.7. The van der Waals surface area contributed by atoms with E-state index in [-0.39, 0.29) is 24.1 Å². The molecule has 0 spiro atoms. The van der Waals surface area contributed by atoms with Crippen LogP contribution >= 0.6 is 0 Å². The van der Waals surface area contributed by atoms with Crippen LogP contribution in [-0.2, 0) is 6.54 Å². The summed E-state index contributed by atoms with van der Waals surface area (Å²) in [7, 11) is 0. The lowest BCUT2D eigenvalue weighted by Crippen LogP contribution is -2.37. The van der Waals surface area contributed by atoms with Crippen LogP contribution in [-0.4, -0.2) is 48.3 Å². The Bertz CT molecular complexity index is 1100. The average Bonchev–Trinajstić information content (AvgIpc) is 3.44. The number of aryl methyl sites for hydroxylation is 1. The van der Waals surface area contributed by atoms with Crippen molar-refractivity contribution in [3.63, 3.8) is 0 Å². The van der Waals surface area contributed by atoms with Crippen molar-refractivity contribution >= 4 is 10.9 Å². The highest BCUT2D eigenvalue weighted by Gasteiger charge is 2.32. The number of H-pyrrole nitrogens is 1. The maximum absolute atomic E-state index is 12.9. The minimum Gasteiger partial charge on any atom is -0.396 e. The lowest BCUT2D eigenvalue weighted by Gasteiger charge is -2.34. The van der Waals surface area contributed by atoms with Gasteiger partial charge in [0, 0.05) is 30.8 Å². The molecule has 2 heterocycles. The zero-order valence-electron chi connectivity index (χ0n) is 19.3. The third-order valence-electron chi connectivity index (χ3n) is 6.53. The van der Waals surface area contributed by atoms with Gasteiger partial charge in [0.2, 0.25) is 0 Å². The van der Waals surface area contributed by atoms with Crippen molar-refractivity contribution in [3.05, 3.63) is 51.6 Å². The topological polar surface area (TPSA) is 99.9 Å². The Morgan fingerprint density at radius 3 is 2.75 bits per heavy atom. The van der Waals surface area contributed by atoms with Crippen LogP contribution in [0.5, 0.6) is 0 Å². The first kappa shape index (κ1) is 22.6. The summed E-state index contributed by atoms with van der Waals surface area (Å²) in [6.45, 7) is 7.61. The number of aromatic amines is 1. The van der Waals surface area contributed by atoms with E-state index in [0.717, 1.165) is 35.1 Å². The Morgan fingerprint density at radius 2 is 2.03 bits per heavy atom. The summed E-state index contributed by atoms with van der Waals surface area (Å²) in [6.07, 6.45) is 5.23. The van der Waals surface area contributed by atoms with E-state index < -0.39 is 0 Å².